The lowest BCUT2D eigenvalue weighted by atomic mass is 10.0. The number of fused-ring (bicyclic) bond motifs is 1. The summed E-state index contributed by atoms with van der Waals surface area (Å²) in [5, 5.41) is 6.44. The van der Waals surface area contributed by atoms with Gasteiger partial charge in [-0.25, -0.2) is 4.98 Å². The van der Waals surface area contributed by atoms with Crippen LogP contribution >= 0.6 is 22.7 Å². The number of nitrogens with one attached hydrogen (secondary N) is 1. The monoisotopic (exact) mass is 252 g/mol. The Balaban J connectivity index is 1.97. The summed E-state index contributed by atoms with van der Waals surface area (Å²) in [6.45, 7) is 1.04. The van der Waals surface area contributed by atoms with Gasteiger partial charge in [0.15, 0.2) is 0 Å². The second kappa shape index (κ2) is 4.16. The quantitative estimate of drug-likeness (QED) is 0.891. The Bertz CT molecular complexity index is 492. The highest BCUT2D eigenvalue weighted by Crippen LogP contribution is 2.35. The average Bonchev–Trinajstić information content (AvgIpc) is 2.97. The summed E-state index contributed by atoms with van der Waals surface area (Å²) in [5.74, 6) is 0. The zero-order chi connectivity index (χ0) is 11.0. The van der Waals surface area contributed by atoms with E-state index in [1.807, 2.05) is 17.5 Å². The molecular formula is C11H12N2OS2. The van der Waals surface area contributed by atoms with Gasteiger partial charge in [0.1, 0.15) is 0 Å². The van der Waals surface area contributed by atoms with E-state index in [2.05, 4.69) is 21.7 Å². The number of hydrogen-bond acceptors (Lipinski definition) is 5. The molecular weight excluding hydrogens is 240 g/mol. The highest BCUT2D eigenvalue weighted by Gasteiger charge is 2.24. The van der Waals surface area contributed by atoms with E-state index in [1.54, 1.807) is 18.4 Å². The fraction of sp³-hybridized carbons (Fsp3) is 0.364. The van der Waals surface area contributed by atoms with Crippen molar-refractivity contribution in [3.05, 3.63) is 33.0 Å². The molecule has 1 aliphatic heterocycles. The van der Waals surface area contributed by atoms with Gasteiger partial charge in [-0.15, -0.1) is 11.3 Å². The predicted molar refractivity (Wildman–Crippen MR) is 66.5 cm³/mol. The molecule has 0 aromatic carbocycles. The van der Waals surface area contributed by atoms with Crippen molar-refractivity contribution in [3.8, 4) is 5.19 Å². The lowest BCUT2D eigenvalue weighted by Gasteiger charge is -2.22. The molecule has 0 aliphatic carbocycles. The minimum atomic E-state index is 0.302. The van der Waals surface area contributed by atoms with Crippen LogP contribution in [0.2, 0.25) is 0 Å². The SMILES string of the molecule is COc1ncc(C2NCCc3sccc32)s1. The normalized spacial score (nSPS) is 19.4. The van der Waals surface area contributed by atoms with Crippen LogP contribution < -0.4 is 10.1 Å². The predicted octanol–water partition coefficient (Wildman–Crippen LogP) is 2.45. The molecule has 3 rings (SSSR count). The van der Waals surface area contributed by atoms with Crippen molar-refractivity contribution in [1.29, 1.82) is 0 Å². The summed E-state index contributed by atoms with van der Waals surface area (Å²) in [4.78, 5) is 6.96. The van der Waals surface area contributed by atoms with Gasteiger partial charge < -0.3 is 10.1 Å². The van der Waals surface area contributed by atoms with Crippen molar-refractivity contribution in [2.75, 3.05) is 13.7 Å². The molecule has 2 aromatic rings. The highest BCUT2D eigenvalue weighted by molar-refractivity contribution is 7.13. The largest absolute Gasteiger partial charge is 0.473 e. The van der Waals surface area contributed by atoms with E-state index in [0.717, 1.165) is 18.2 Å². The van der Waals surface area contributed by atoms with Gasteiger partial charge in [-0.1, -0.05) is 11.3 Å². The maximum absolute atomic E-state index is 5.14. The first-order valence-corrected chi connectivity index (χ1v) is 6.87. The minimum Gasteiger partial charge on any atom is -0.473 e. The van der Waals surface area contributed by atoms with E-state index in [4.69, 9.17) is 4.74 Å². The Morgan fingerprint density at radius 1 is 1.56 bits per heavy atom. The van der Waals surface area contributed by atoms with Crippen molar-refractivity contribution in [3.63, 3.8) is 0 Å². The highest BCUT2D eigenvalue weighted by atomic mass is 32.1. The van der Waals surface area contributed by atoms with Gasteiger partial charge >= 0.3 is 0 Å². The fourth-order valence-electron chi connectivity index (χ4n) is 2.00. The Hall–Kier alpha value is -0.910. The van der Waals surface area contributed by atoms with Crippen LogP contribution in [0.25, 0.3) is 0 Å². The molecule has 0 radical (unpaired) electrons. The Morgan fingerprint density at radius 3 is 3.31 bits per heavy atom. The van der Waals surface area contributed by atoms with Crippen molar-refractivity contribution in [2.24, 2.45) is 0 Å². The molecule has 16 heavy (non-hydrogen) atoms. The van der Waals surface area contributed by atoms with Gasteiger partial charge in [0.2, 0.25) is 0 Å². The smallest absolute Gasteiger partial charge is 0.273 e. The topological polar surface area (TPSA) is 34.1 Å². The zero-order valence-corrected chi connectivity index (χ0v) is 10.5. The summed E-state index contributed by atoms with van der Waals surface area (Å²) in [7, 11) is 1.66. The van der Waals surface area contributed by atoms with Crippen molar-refractivity contribution < 1.29 is 4.74 Å². The molecule has 2 aromatic heterocycles. The van der Waals surface area contributed by atoms with Gasteiger partial charge in [-0.2, -0.15) is 0 Å². The van der Waals surface area contributed by atoms with Crippen molar-refractivity contribution in [2.45, 2.75) is 12.5 Å². The van der Waals surface area contributed by atoms with E-state index in [0.29, 0.717) is 6.04 Å². The number of ether oxygens (including phenoxy) is 1. The lowest BCUT2D eigenvalue weighted by Crippen LogP contribution is -2.28. The van der Waals surface area contributed by atoms with Crippen LogP contribution in [0.1, 0.15) is 21.4 Å². The first kappa shape index (κ1) is 10.3. The summed E-state index contributed by atoms with van der Waals surface area (Å²) >= 11 is 3.46. The summed E-state index contributed by atoms with van der Waals surface area (Å²) in [6, 6.07) is 2.51. The molecule has 0 fully saturated rings. The third-order valence-corrected chi connectivity index (χ3v) is 4.77. The number of aromatic nitrogens is 1. The summed E-state index contributed by atoms with van der Waals surface area (Å²) in [5.41, 5.74) is 1.41. The fourth-order valence-corrected chi connectivity index (χ4v) is 3.75. The van der Waals surface area contributed by atoms with E-state index in [-0.39, 0.29) is 0 Å². The molecule has 0 saturated carbocycles. The first-order chi connectivity index (χ1) is 7.88. The molecule has 0 spiro atoms. The van der Waals surface area contributed by atoms with Crippen molar-refractivity contribution in [1.82, 2.24) is 10.3 Å². The van der Waals surface area contributed by atoms with E-state index >= 15 is 0 Å². The van der Waals surface area contributed by atoms with Crippen LogP contribution in [-0.2, 0) is 6.42 Å². The van der Waals surface area contributed by atoms with Crippen LogP contribution in [-0.4, -0.2) is 18.6 Å². The Labute approximate surface area is 102 Å². The van der Waals surface area contributed by atoms with E-state index in [1.165, 1.54) is 15.3 Å². The Morgan fingerprint density at radius 2 is 2.50 bits per heavy atom. The molecule has 1 atom stereocenters. The minimum absolute atomic E-state index is 0.302. The molecule has 1 N–H and O–H groups in total. The van der Waals surface area contributed by atoms with Crippen LogP contribution in [0.3, 0.4) is 0 Å². The lowest BCUT2D eigenvalue weighted by molar-refractivity contribution is 0.412. The van der Waals surface area contributed by atoms with Crippen LogP contribution in [0.5, 0.6) is 5.19 Å². The molecule has 0 amide bonds. The molecule has 0 bridgehead atoms. The number of thiazole rings is 1. The van der Waals surface area contributed by atoms with Gasteiger partial charge in [0, 0.05) is 22.5 Å². The molecule has 0 saturated heterocycles. The van der Waals surface area contributed by atoms with E-state index in [9.17, 15) is 0 Å². The van der Waals surface area contributed by atoms with Gasteiger partial charge in [0.25, 0.3) is 5.19 Å². The second-order valence-electron chi connectivity index (χ2n) is 3.67. The average molecular weight is 252 g/mol. The summed E-state index contributed by atoms with van der Waals surface area (Å²) in [6.07, 6.45) is 3.05. The van der Waals surface area contributed by atoms with Crippen LogP contribution in [0.15, 0.2) is 17.6 Å². The third kappa shape index (κ3) is 1.65. The Kier molecular flexibility index (Phi) is 2.67. The van der Waals surface area contributed by atoms with Gasteiger partial charge in [-0.05, 0) is 23.4 Å². The zero-order valence-electron chi connectivity index (χ0n) is 8.90. The maximum Gasteiger partial charge on any atom is 0.273 e. The van der Waals surface area contributed by atoms with Crippen molar-refractivity contribution >= 4 is 22.7 Å². The van der Waals surface area contributed by atoms with Crippen LogP contribution in [0.4, 0.5) is 0 Å². The summed E-state index contributed by atoms with van der Waals surface area (Å²) < 4.78 is 5.14. The van der Waals surface area contributed by atoms with Gasteiger partial charge in [-0.3, -0.25) is 0 Å². The molecule has 1 aliphatic rings. The number of methoxy groups -OCH3 is 1. The maximum atomic E-state index is 5.14. The second-order valence-corrected chi connectivity index (χ2v) is 5.69. The number of nitrogens with zero attached hydrogens (tertiary/aromatic N) is 1. The number of rotatable bonds is 2. The number of hydrogen-bond donors (Lipinski definition) is 1. The number of thiophene rings is 1. The van der Waals surface area contributed by atoms with Crippen LogP contribution in [0, 0.1) is 0 Å². The van der Waals surface area contributed by atoms with Gasteiger partial charge in [0.05, 0.1) is 13.2 Å². The first-order valence-electron chi connectivity index (χ1n) is 5.18. The standard InChI is InChI=1S/C11H12N2OS2/c1-14-11-13-6-9(16-11)10-7-3-5-15-8(7)2-4-12-10/h3,5-6,10,12H,2,4H2,1H3. The molecule has 5 heteroatoms. The molecule has 3 nitrogen and oxygen atoms in total. The third-order valence-electron chi connectivity index (χ3n) is 2.75. The molecule has 84 valence electrons. The molecule has 1 unspecified atom stereocenters. The molecule has 3 heterocycles. The van der Waals surface area contributed by atoms with E-state index < -0.39 is 0 Å².